The number of hydrogen-bond acceptors (Lipinski definition) is 4. The monoisotopic (exact) mass is 254 g/mol. The topological polar surface area (TPSA) is 64.3 Å². The molecule has 94 valence electrons. The first-order valence-electron chi connectivity index (χ1n) is 5.43. The van der Waals surface area contributed by atoms with E-state index in [-0.39, 0.29) is 5.91 Å². The minimum atomic E-state index is 0.0187. The van der Waals surface area contributed by atoms with E-state index in [0.29, 0.717) is 25.4 Å². The van der Waals surface area contributed by atoms with Crippen LogP contribution in [0.15, 0.2) is 29.2 Å². The first-order valence-corrected chi connectivity index (χ1v) is 6.42. The van der Waals surface area contributed by atoms with Crippen LogP contribution >= 0.6 is 11.8 Å². The molecule has 0 heterocycles. The average Bonchev–Trinajstić information content (AvgIpc) is 2.37. The van der Waals surface area contributed by atoms with Crippen LogP contribution < -0.4 is 11.1 Å². The maximum absolute atomic E-state index is 11.4. The molecule has 0 aliphatic heterocycles. The molecule has 1 aromatic carbocycles. The van der Waals surface area contributed by atoms with Gasteiger partial charge in [-0.1, -0.05) is 12.1 Å². The molecule has 0 fully saturated rings. The Morgan fingerprint density at radius 1 is 1.53 bits per heavy atom. The molecular weight excluding hydrogens is 236 g/mol. The maximum Gasteiger partial charge on any atom is 0.230 e. The molecule has 0 atom stereocenters. The highest BCUT2D eigenvalue weighted by molar-refractivity contribution is 8.00. The van der Waals surface area contributed by atoms with Crippen LogP contribution in [0.25, 0.3) is 0 Å². The average molecular weight is 254 g/mol. The number of thioether (sulfide) groups is 1. The van der Waals surface area contributed by atoms with E-state index in [4.69, 9.17) is 10.5 Å². The van der Waals surface area contributed by atoms with Crippen molar-refractivity contribution in [1.82, 2.24) is 5.32 Å². The summed E-state index contributed by atoms with van der Waals surface area (Å²) in [5.41, 5.74) is 6.63. The van der Waals surface area contributed by atoms with Crippen molar-refractivity contribution >= 4 is 17.7 Å². The summed E-state index contributed by atoms with van der Waals surface area (Å²) in [7, 11) is 1.61. The zero-order valence-electron chi connectivity index (χ0n) is 9.94. The van der Waals surface area contributed by atoms with Crippen molar-refractivity contribution in [3.8, 4) is 0 Å². The van der Waals surface area contributed by atoms with E-state index < -0.39 is 0 Å². The molecule has 0 aliphatic rings. The van der Waals surface area contributed by atoms with Gasteiger partial charge in [0.05, 0.1) is 12.4 Å². The zero-order valence-corrected chi connectivity index (χ0v) is 10.8. The molecule has 3 N–H and O–H groups in total. The highest BCUT2D eigenvalue weighted by atomic mass is 32.2. The van der Waals surface area contributed by atoms with Crippen LogP contribution in [-0.4, -0.2) is 31.9 Å². The molecule has 1 rings (SSSR count). The van der Waals surface area contributed by atoms with Gasteiger partial charge < -0.3 is 15.8 Å². The number of methoxy groups -OCH3 is 1. The third kappa shape index (κ3) is 5.72. The quantitative estimate of drug-likeness (QED) is 0.563. The van der Waals surface area contributed by atoms with E-state index in [1.165, 1.54) is 11.8 Å². The molecule has 4 nitrogen and oxygen atoms in total. The zero-order chi connectivity index (χ0) is 12.5. The van der Waals surface area contributed by atoms with E-state index in [1.807, 2.05) is 24.3 Å². The van der Waals surface area contributed by atoms with Gasteiger partial charge in [-0.2, -0.15) is 0 Å². The minimum Gasteiger partial charge on any atom is -0.383 e. The fourth-order valence-corrected chi connectivity index (χ4v) is 2.06. The van der Waals surface area contributed by atoms with Crippen molar-refractivity contribution < 1.29 is 9.53 Å². The first kappa shape index (κ1) is 14.0. The predicted molar refractivity (Wildman–Crippen MR) is 69.9 cm³/mol. The molecule has 0 radical (unpaired) electrons. The van der Waals surface area contributed by atoms with Gasteiger partial charge in [0, 0.05) is 25.1 Å². The van der Waals surface area contributed by atoms with E-state index in [9.17, 15) is 4.79 Å². The van der Waals surface area contributed by atoms with E-state index >= 15 is 0 Å². The number of carbonyl (C=O) groups is 1. The van der Waals surface area contributed by atoms with Crippen molar-refractivity contribution in [3.63, 3.8) is 0 Å². The SMILES string of the molecule is COCCNC(=O)CSc1cccc(CN)c1. The summed E-state index contributed by atoms with van der Waals surface area (Å²) in [6.45, 7) is 1.62. The highest BCUT2D eigenvalue weighted by Crippen LogP contribution is 2.18. The third-order valence-corrected chi connectivity index (χ3v) is 3.13. The summed E-state index contributed by atoms with van der Waals surface area (Å²) in [5.74, 6) is 0.433. The molecule has 0 aliphatic carbocycles. The summed E-state index contributed by atoms with van der Waals surface area (Å²) < 4.78 is 4.85. The van der Waals surface area contributed by atoms with Crippen molar-refractivity contribution in [1.29, 1.82) is 0 Å². The fourth-order valence-electron chi connectivity index (χ4n) is 1.25. The lowest BCUT2D eigenvalue weighted by Gasteiger charge is -2.05. The Morgan fingerprint density at radius 3 is 3.06 bits per heavy atom. The highest BCUT2D eigenvalue weighted by Gasteiger charge is 2.02. The van der Waals surface area contributed by atoms with Crippen LogP contribution in [0.3, 0.4) is 0 Å². The van der Waals surface area contributed by atoms with Crippen LogP contribution in [0.4, 0.5) is 0 Å². The molecule has 0 unspecified atom stereocenters. The molecule has 1 amide bonds. The van der Waals surface area contributed by atoms with Gasteiger partial charge in [-0.25, -0.2) is 0 Å². The number of benzene rings is 1. The lowest BCUT2D eigenvalue weighted by atomic mass is 10.2. The number of amides is 1. The van der Waals surface area contributed by atoms with Gasteiger partial charge in [0.2, 0.25) is 5.91 Å². The second-order valence-corrected chi connectivity index (χ2v) is 4.53. The van der Waals surface area contributed by atoms with E-state index in [2.05, 4.69) is 5.32 Å². The Labute approximate surface area is 106 Å². The Bertz CT molecular complexity index is 358. The number of ether oxygens (including phenoxy) is 1. The second kappa shape index (κ2) is 8.11. The van der Waals surface area contributed by atoms with Crippen LogP contribution in [0.2, 0.25) is 0 Å². The lowest BCUT2D eigenvalue weighted by molar-refractivity contribution is -0.118. The van der Waals surface area contributed by atoms with Crippen molar-refractivity contribution in [2.24, 2.45) is 5.73 Å². The van der Waals surface area contributed by atoms with E-state index in [1.54, 1.807) is 7.11 Å². The maximum atomic E-state index is 11.4. The number of carbonyl (C=O) groups excluding carboxylic acids is 1. The molecule has 17 heavy (non-hydrogen) atoms. The van der Waals surface area contributed by atoms with Gasteiger partial charge in [0.25, 0.3) is 0 Å². The fraction of sp³-hybridized carbons (Fsp3) is 0.417. The van der Waals surface area contributed by atoms with Gasteiger partial charge >= 0.3 is 0 Å². The van der Waals surface area contributed by atoms with Gasteiger partial charge in [-0.15, -0.1) is 11.8 Å². The Balaban J connectivity index is 2.31. The summed E-state index contributed by atoms with van der Waals surface area (Å²) in [4.78, 5) is 12.5. The molecule has 0 saturated heterocycles. The van der Waals surface area contributed by atoms with Crippen molar-refractivity contribution in [2.45, 2.75) is 11.4 Å². The first-order chi connectivity index (χ1) is 8.26. The van der Waals surface area contributed by atoms with Gasteiger partial charge in [-0.05, 0) is 17.7 Å². The van der Waals surface area contributed by atoms with Gasteiger partial charge in [-0.3, -0.25) is 4.79 Å². The summed E-state index contributed by atoms with van der Waals surface area (Å²) >= 11 is 1.51. The minimum absolute atomic E-state index is 0.0187. The van der Waals surface area contributed by atoms with Crippen molar-refractivity contribution in [3.05, 3.63) is 29.8 Å². The Hall–Kier alpha value is -1.04. The Morgan fingerprint density at radius 2 is 2.35 bits per heavy atom. The second-order valence-electron chi connectivity index (χ2n) is 3.48. The number of nitrogens with one attached hydrogen (secondary N) is 1. The molecule has 5 heteroatoms. The lowest BCUT2D eigenvalue weighted by Crippen LogP contribution is -2.28. The predicted octanol–water partition coefficient (Wildman–Crippen LogP) is 1.00. The normalized spacial score (nSPS) is 10.2. The standard InChI is InChI=1S/C12H18N2O2S/c1-16-6-5-14-12(15)9-17-11-4-2-3-10(7-11)8-13/h2-4,7H,5-6,8-9,13H2,1H3,(H,14,15). The van der Waals surface area contributed by atoms with Gasteiger partial charge in [0.15, 0.2) is 0 Å². The van der Waals surface area contributed by atoms with Crippen LogP contribution in [0, 0.1) is 0 Å². The molecule has 1 aromatic rings. The van der Waals surface area contributed by atoms with Crippen LogP contribution in [-0.2, 0) is 16.1 Å². The third-order valence-electron chi connectivity index (χ3n) is 2.13. The summed E-state index contributed by atoms with van der Waals surface area (Å²) in [5, 5.41) is 2.77. The van der Waals surface area contributed by atoms with Crippen LogP contribution in [0.5, 0.6) is 0 Å². The molecule has 0 saturated carbocycles. The molecular formula is C12H18N2O2S. The molecule has 0 aromatic heterocycles. The largest absolute Gasteiger partial charge is 0.383 e. The summed E-state index contributed by atoms with van der Waals surface area (Å²) in [6, 6.07) is 7.91. The number of hydrogen-bond donors (Lipinski definition) is 2. The molecule has 0 bridgehead atoms. The van der Waals surface area contributed by atoms with E-state index in [0.717, 1.165) is 10.5 Å². The molecule has 0 spiro atoms. The Kier molecular flexibility index (Phi) is 6.69. The van der Waals surface area contributed by atoms with Crippen LogP contribution in [0.1, 0.15) is 5.56 Å². The summed E-state index contributed by atoms with van der Waals surface area (Å²) in [6.07, 6.45) is 0. The number of nitrogens with two attached hydrogens (primary N) is 1. The van der Waals surface area contributed by atoms with Crippen molar-refractivity contribution in [2.75, 3.05) is 26.0 Å². The smallest absolute Gasteiger partial charge is 0.230 e. The van der Waals surface area contributed by atoms with Gasteiger partial charge in [0.1, 0.15) is 0 Å². The number of rotatable bonds is 7.